The first kappa shape index (κ1) is 14.9. The first-order chi connectivity index (χ1) is 9.67. The molecule has 4 nitrogen and oxygen atoms in total. The van der Waals surface area contributed by atoms with Gasteiger partial charge in [-0.3, -0.25) is 0 Å². The number of anilines is 1. The zero-order chi connectivity index (χ0) is 14.5. The van der Waals surface area contributed by atoms with Gasteiger partial charge in [-0.05, 0) is 6.42 Å². The van der Waals surface area contributed by atoms with Crippen molar-refractivity contribution in [3.63, 3.8) is 0 Å². The number of nitrogens with one attached hydrogen (secondary N) is 1. The molecule has 0 unspecified atom stereocenters. The average molecular weight is 313 g/mol. The summed E-state index contributed by atoms with van der Waals surface area (Å²) >= 11 is 7.75. The molecule has 0 aliphatic rings. The topological polar surface area (TPSA) is 43.4 Å². The van der Waals surface area contributed by atoms with E-state index in [0.717, 1.165) is 22.8 Å². The minimum absolute atomic E-state index is 0.525. The van der Waals surface area contributed by atoms with E-state index in [9.17, 15) is 0 Å². The standard InChI is InChI=1S/C14H17ClN2O2S/c1-4-14-17-9(8-20-14)7-16-11-6-12(18-2)10(15)5-13(11)19-3/h5-6,8,16H,4,7H2,1-3H3. The number of halogens is 1. The van der Waals surface area contributed by atoms with Crippen molar-refractivity contribution in [2.75, 3.05) is 19.5 Å². The maximum Gasteiger partial charge on any atom is 0.143 e. The molecule has 0 aliphatic carbocycles. The van der Waals surface area contributed by atoms with Crippen molar-refractivity contribution in [1.29, 1.82) is 0 Å². The summed E-state index contributed by atoms with van der Waals surface area (Å²) in [7, 11) is 3.20. The minimum atomic E-state index is 0.525. The number of hydrogen-bond acceptors (Lipinski definition) is 5. The number of methoxy groups -OCH3 is 2. The number of benzene rings is 1. The summed E-state index contributed by atoms with van der Waals surface area (Å²) in [6.07, 6.45) is 0.961. The van der Waals surface area contributed by atoms with E-state index in [2.05, 4.69) is 22.6 Å². The highest BCUT2D eigenvalue weighted by Crippen LogP contribution is 2.36. The molecule has 0 radical (unpaired) electrons. The van der Waals surface area contributed by atoms with Gasteiger partial charge in [0.15, 0.2) is 0 Å². The third-order valence-corrected chi connectivity index (χ3v) is 4.17. The highest BCUT2D eigenvalue weighted by Gasteiger charge is 2.10. The third kappa shape index (κ3) is 3.35. The zero-order valence-corrected chi connectivity index (χ0v) is 13.3. The molecule has 2 aromatic rings. The molecule has 6 heteroatoms. The number of thiazole rings is 1. The molecule has 1 aromatic carbocycles. The maximum absolute atomic E-state index is 6.08. The lowest BCUT2D eigenvalue weighted by molar-refractivity contribution is 0.404. The second-order valence-electron chi connectivity index (χ2n) is 4.13. The van der Waals surface area contributed by atoms with Gasteiger partial charge in [0.25, 0.3) is 0 Å². The van der Waals surface area contributed by atoms with Crippen LogP contribution in [0.3, 0.4) is 0 Å². The number of aryl methyl sites for hydroxylation is 1. The Labute approximate surface area is 127 Å². The number of rotatable bonds is 6. The Bertz CT molecular complexity index is 587. The monoisotopic (exact) mass is 312 g/mol. The molecule has 20 heavy (non-hydrogen) atoms. The van der Waals surface area contributed by atoms with Crippen molar-refractivity contribution in [3.05, 3.63) is 33.2 Å². The highest BCUT2D eigenvalue weighted by atomic mass is 35.5. The molecule has 2 rings (SSSR count). The van der Waals surface area contributed by atoms with Gasteiger partial charge in [-0.15, -0.1) is 11.3 Å². The fourth-order valence-corrected chi connectivity index (χ4v) is 2.75. The van der Waals surface area contributed by atoms with Crippen LogP contribution in [0, 0.1) is 0 Å². The Balaban J connectivity index is 2.15. The van der Waals surface area contributed by atoms with E-state index in [1.54, 1.807) is 31.6 Å². The molecule has 108 valence electrons. The summed E-state index contributed by atoms with van der Waals surface area (Å²) < 4.78 is 10.5. The molecule has 0 atom stereocenters. The molecule has 0 amide bonds. The lowest BCUT2D eigenvalue weighted by Crippen LogP contribution is -2.02. The van der Waals surface area contributed by atoms with Crippen LogP contribution in [0.4, 0.5) is 5.69 Å². The number of hydrogen-bond donors (Lipinski definition) is 1. The van der Waals surface area contributed by atoms with E-state index in [1.165, 1.54) is 0 Å². The van der Waals surface area contributed by atoms with Gasteiger partial charge in [-0.1, -0.05) is 18.5 Å². The van der Waals surface area contributed by atoms with Gasteiger partial charge in [-0.25, -0.2) is 4.98 Å². The number of aromatic nitrogens is 1. The van der Waals surface area contributed by atoms with Crippen LogP contribution in [0.15, 0.2) is 17.5 Å². The zero-order valence-electron chi connectivity index (χ0n) is 11.7. The molecule has 1 heterocycles. The molecular formula is C14H17ClN2O2S. The Morgan fingerprint density at radius 1 is 1.25 bits per heavy atom. The predicted octanol–water partition coefficient (Wildman–Crippen LogP) is 3.99. The normalized spacial score (nSPS) is 10.4. The van der Waals surface area contributed by atoms with Crippen LogP contribution in [-0.4, -0.2) is 19.2 Å². The van der Waals surface area contributed by atoms with Gasteiger partial charge < -0.3 is 14.8 Å². The van der Waals surface area contributed by atoms with Crippen molar-refractivity contribution in [2.45, 2.75) is 19.9 Å². The predicted molar refractivity (Wildman–Crippen MR) is 83.4 cm³/mol. The Hall–Kier alpha value is -1.46. The molecule has 1 N–H and O–H groups in total. The summed E-state index contributed by atoms with van der Waals surface area (Å²) in [5, 5.41) is 7.03. The van der Waals surface area contributed by atoms with E-state index in [4.69, 9.17) is 21.1 Å². The van der Waals surface area contributed by atoms with E-state index >= 15 is 0 Å². The maximum atomic E-state index is 6.08. The average Bonchev–Trinajstić information content (AvgIpc) is 2.93. The largest absolute Gasteiger partial charge is 0.495 e. The lowest BCUT2D eigenvalue weighted by Gasteiger charge is -2.13. The molecule has 0 aliphatic heterocycles. The second kappa shape index (κ2) is 6.81. The summed E-state index contributed by atoms with van der Waals surface area (Å²) in [5.74, 6) is 1.30. The smallest absolute Gasteiger partial charge is 0.143 e. The molecule has 1 aromatic heterocycles. The van der Waals surface area contributed by atoms with Gasteiger partial charge in [0.1, 0.15) is 11.5 Å². The summed E-state index contributed by atoms with van der Waals surface area (Å²) in [5.41, 5.74) is 1.85. The van der Waals surface area contributed by atoms with Crippen LogP contribution >= 0.6 is 22.9 Å². The fourth-order valence-electron chi connectivity index (χ4n) is 1.78. The van der Waals surface area contributed by atoms with Crippen LogP contribution < -0.4 is 14.8 Å². The van der Waals surface area contributed by atoms with Crippen molar-refractivity contribution in [1.82, 2.24) is 4.98 Å². The van der Waals surface area contributed by atoms with E-state index in [-0.39, 0.29) is 0 Å². The molecule has 0 fully saturated rings. The Kier molecular flexibility index (Phi) is 5.09. The third-order valence-electron chi connectivity index (χ3n) is 2.84. The van der Waals surface area contributed by atoms with Crippen molar-refractivity contribution in [3.8, 4) is 11.5 Å². The molecule has 0 spiro atoms. The number of ether oxygens (including phenoxy) is 2. The van der Waals surface area contributed by atoms with Crippen LogP contribution in [0.5, 0.6) is 11.5 Å². The first-order valence-electron chi connectivity index (χ1n) is 6.26. The quantitative estimate of drug-likeness (QED) is 0.876. The van der Waals surface area contributed by atoms with E-state index in [0.29, 0.717) is 23.1 Å². The molecule has 0 bridgehead atoms. The summed E-state index contributed by atoms with van der Waals surface area (Å²) in [4.78, 5) is 4.52. The second-order valence-corrected chi connectivity index (χ2v) is 5.48. The van der Waals surface area contributed by atoms with E-state index in [1.807, 2.05) is 6.07 Å². The fraction of sp³-hybridized carbons (Fsp3) is 0.357. The van der Waals surface area contributed by atoms with Crippen LogP contribution in [0.25, 0.3) is 0 Å². The van der Waals surface area contributed by atoms with Gasteiger partial charge >= 0.3 is 0 Å². The highest BCUT2D eigenvalue weighted by molar-refractivity contribution is 7.09. The van der Waals surface area contributed by atoms with Crippen molar-refractivity contribution < 1.29 is 9.47 Å². The van der Waals surface area contributed by atoms with Crippen LogP contribution in [-0.2, 0) is 13.0 Å². The summed E-state index contributed by atoms with van der Waals surface area (Å²) in [6, 6.07) is 3.56. The lowest BCUT2D eigenvalue weighted by atomic mass is 10.2. The van der Waals surface area contributed by atoms with Gasteiger partial charge in [0.2, 0.25) is 0 Å². The van der Waals surface area contributed by atoms with E-state index < -0.39 is 0 Å². The molecular weight excluding hydrogens is 296 g/mol. The Morgan fingerprint density at radius 2 is 2.00 bits per heavy atom. The SMILES string of the molecule is CCc1nc(CNc2cc(OC)c(Cl)cc2OC)cs1. The number of nitrogens with zero attached hydrogens (tertiary/aromatic N) is 1. The van der Waals surface area contributed by atoms with Gasteiger partial charge in [-0.2, -0.15) is 0 Å². The first-order valence-corrected chi connectivity index (χ1v) is 7.52. The van der Waals surface area contributed by atoms with Crippen molar-refractivity contribution in [2.24, 2.45) is 0 Å². The summed E-state index contributed by atoms with van der Waals surface area (Å²) in [6.45, 7) is 2.74. The van der Waals surface area contributed by atoms with Crippen LogP contribution in [0.1, 0.15) is 17.6 Å². The molecule has 0 saturated heterocycles. The van der Waals surface area contributed by atoms with Crippen LogP contribution in [0.2, 0.25) is 5.02 Å². The van der Waals surface area contributed by atoms with Crippen molar-refractivity contribution >= 4 is 28.6 Å². The van der Waals surface area contributed by atoms with Gasteiger partial charge in [0.05, 0.1) is 42.2 Å². The molecule has 0 saturated carbocycles. The Morgan fingerprint density at radius 3 is 2.60 bits per heavy atom. The van der Waals surface area contributed by atoms with Gasteiger partial charge in [0, 0.05) is 17.5 Å². The minimum Gasteiger partial charge on any atom is -0.495 e.